The van der Waals surface area contributed by atoms with Crippen molar-refractivity contribution in [2.24, 2.45) is 5.73 Å². The van der Waals surface area contributed by atoms with Crippen molar-refractivity contribution in [1.82, 2.24) is 0 Å². The SMILES string of the molecule is CCOC(OCC)C(N)C1=COCCC1. The molecule has 88 valence electrons. The number of hydrogen-bond donors (Lipinski definition) is 1. The second kappa shape index (κ2) is 6.82. The fraction of sp³-hybridized carbons (Fsp3) is 0.818. The normalized spacial score (nSPS) is 18.5. The maximum Gasteiger partial charge on any atom is 0.176 e. The Kier molecular flexibility index (Phi) is 5.68. The standard InChI is InChI=1S/C11H21NO3/c1-3-14-11(15-4-2)10(12)9-6-5-7-13-8-9/h8,10-11H,3-7,12H2,1-2H3. The Morgan fingerprint density at radius 2 is 2.07 bits per heavy atom. The highest BCUT2D eigenvalue weighted by molar-refractivity contribution is 5.10. The molecule has 1 aliphatic rings. The predicted octanol–water partition coefficient (Wildman–Crippen LogP) is 1.41. The summed E-state index contributed by atoms with van der Waals surface area (Å²) in [4.78, 5) is 0. The van der Waals surface area contributed by atoms with Crippen LogP contribution in [-0.2, 0) is 14.2 Å². The first-order valence-electron chi connectivity index (χ1n) is 5.58. The van der Waals surface area contributed by atoms with Gasteiger partial charge in [0.1, 0.15) is 0 Å². The van der Waals surface area contributed by atoms with E-state index in [1.165, 1.54) is 0 Å². The summed E-state index contributed by atoms with van der Waals surface area (Å²) in [6.45, 7) is 5.86. The first-order chi connectivity index (χ1) is 7.29. The Balaban J connectivity index is 2.52. The molecule has 0 amide bonds. The first kappa shape index (κ1) is 12.5. The Morgan fingerprint density at radius 3 is 2.53 bits per heavy atom. The molecule has 1 unspecified atom stereocenters. The van der Waals surface area contributed by atoms with Crippen molar-refractivity contribution < 1.29 is 14.2 Å². The zero-order valence-electron chi connectivity index (χ0n) is 9.57. The second-order valence-electron chi connectivity index (χ2n) is 3.47. The van der Waals surface area contributed by atoms with Crippen LogP contribution in [-0.4, -0.2) is 32.2 Å². The smallest absolute Gasteiger partial charge is 0.176 e. The van der Waals surface area contributed by atoms with Crippen molar-refractivity contribution in [3.05, 3.63) is 11.8 Å². The average Bonchev–Trinajstić information content (AvgIpc) is 2.29. The van der Waals surface area contributed by atoms with Crippen molar-refractivity contribution in [2.75, 3.05) is 19.8 Å². The summed E-state index contributed by atoms with van der Waals surface area (Å²) in [7, 11) is 0. The van der Waals surface area contributed by atoms with Gasteiger partial charge < -0.3 is 19.9 Å². The van der Waals surface area contributed by atoms with Crippen LogP contribution >= 0.6 is 0 Å². The lowest BCUT2D eigenvalue weighted by atomic mass is 10.0. The van der Waals surface area contributed by atoms with Crippen molar-refractivity contribution in [3.8, 4) is 0 Å². The van der Waals surface area contributed by atoms with Crippen LogP contribution in [0.4, 0.5) is 0 Å². The van der Waals surface area contributed by atoms with Crippen molar-refractivity contribution >= 4 is 0 Å². The number of rotatable bonds is 6. The fourth-order valence-corrected chi connectivity index (χ4v) is 1.59. The highest BCUT2D eigenvalue weighted by Crippen LogP contribution is 2.18. The molecular formula is C11H21NO3. The third-order valence-electron chi connectivity index (χ3n) is 2.35. The minimum atomic E-state index is -0.354. The first-order valence-corrected chi connectivity index (χ1v) is 5.58. The lowest BCUT2D eigenvalue weighted by molar-refractivity contribution is -0.143. The maximum atomic E-state index is 6.07. The van der Waals surface area contributed by atoms with E-state index < -0.39 is 0 Å². The van der Waals surface area contributed by atoms with E-state index in [2.05, 4.69) is 0 Å². The van der Waals surface area contributed by atoms with Crippen LogP contribution in [0.3, 0.4) is 0 Å². The lowest BCUT2D eigenvalue weighted by Gasteiger charge is -2.27. The summed E-state index contributed by atoms with van der Waals surface area (Å²) in [5.74, 6) is 0. The van der Waals surface area contributed by atoms with Gasteiger partial charge in [0.15, 0.2) is 6.29 Å². The van der Waals surface area contributed by atoms with Crippen LogP contribution in [0.25, 0.3) is 0 Å². The molecule has 0 saturated heterocycles. The summed E-state index contributed by atoms with van der Waals surface area (Å²) in [5.41, 5.74) is 7.14. The van der Waals surface area contributed by atoms with Gasteiger partial charge in [0.2, 0.25) is 0 Å². The molecule has 0 aromatic rings. The van der Waals surface area contributed by atoms with Gasteiger partial charge in [-0.15, -0.1) is 0 Å². The third kappa shape index (κ3) is 3.81. The molecule has 4 heteroatoms. The van der Waals surface area contributed by atoms with E-state index in [1.54, 1.807) is 6.26 Å². The molecule has 1 aliphatic heterocycles. The Hall–Kier alpha value is -0.580. The Labute approximate surface area is 91.4 Å². The number of hydrogen-bond acceptors (Lipinski definition) is 4. The molecule has 0 aromatic carbocycles. The molecule has 4 nitrogen and oxygen atoms in total. The lowest BCUT2D eigenvalue weighted by Crippen LogP contribution is -2.41. The summed E-state index contributed by atoms with van der Waals surface area (Å²) in [6.07, 6.45) is 3.38. The molecule has 1 atom stereocenters. The van der Waals surface area contributed by atoms with Gasteiger partial charge >= 0.3 is 0 Å². The third-order valence-corrected chi connectivity index (χ3v) is 2.35. The minimum absolute atomic E-state index is 0.217. The maximum absolute atomic E-state index is 6.07. The largest absolute Gasteiger partial charge is 0.501 e. The van der Waals surface area contributed by atoms with Crippen LogP contribution in [0.2, 0.25) is 0 Å². The van der Waals surface area contributed by atoms with E-state index >= 15 is 0 Å². The predicted molar refractivity (Wildman–Crippen MR) is 58.3 cm³/mol. The van der Waals surface area contributed by atoms with Crippen LogP contribution in [0.1, 0.15) is 26.7 Å². The van der Waals surface area contributed by atoms with Crippen LogP contribution in [0.15, 0.2) is 11.8 Å². The van der Waals surface area contributed by atoms with Gasteiger partial charge in [-0.3, -0.25) is 0 Å². The second-order valence-corrected chi connectivity index (χ2v) is 3.47. The molecule has 15 heavy (non-hydrogen) atoms. The molecule has 0 aliphatic carbocycles. The van der Waals surface area contributed by atoms with Gasteiger partial charge in [0.05, 0.1) is 18.9 Å². The molecule has 0 radical (unpaired) electrons. The Morgan fingerprint density at radius 1 is 1.40 bits per heavy atom. The number of ether oxygens (including phenoxy) is 3. The van der Waals surface area contributed by atoms with E-state index in [1.807, 2.05) is 13.8 Å². The van der Waals surface area contributed by atoms with Crippen molar-refractivity contribution in [3.63, 3.8) is 0 Å². The molecular weight excluding hydrogens is 194 g/mol. The molecule has 0 spiro atoms. The van der Waals surface area contributed by atoms with Crippen LogP contribution in [0, 0.1) is 0 Å². The van der Waals surface area contributed by atoms with E-state index in [0.29, 0.717) is 13.2 Å². The van der Waals surface area contributed by atoms with Gasteiger partial charge in [-0.05, 0) is 32.3 Å². The highest BCUT2D eigenvalue weighted by Gasteiger charge is 2.23. The zero-order valence-corrected chi connectivity index (χ0v) is 9.57. The van der Waals surface area contributed by atoms with E-state index in [9.17, 15) is 0 Å². The summed E-state index contributed by atoms with van der Waals surface area (Å²) < 4.78 is 16.2. The molecule has 0 fully saturated rings. The van der Waals surface area contributed by atoms with Crippen LogP contribution in [0.5, 0.6) is 0 Å². The zero-order chi connectivity index (χ0) is 11.1. The monoisotopic (exact) mass is 215 g/mol. The molecule has 0 aromatic heterocycles. The van der Waals surface area contributed by atoms with E-state index in [4.69, 9.17) is 19.9 Å². The highest BCUT2D eigenvalue weighted by atomic mass is 16.7. The fourth-order valence-electron chi connectivity index (χ4n) is 1.59. The molecule has 0 bridgehead atoms. The molecule has 2 N–H and O–H groups in total. The van der Waals surface area contributed by atoms with Gasteiger partial charge in [-0.1, -0.05) is 0 Å². The van der Waals surface area contributed by atoms with Gasteiger partial charge in [0.25, 0.3) is 0 Å². The summed E-state index contributed by atoms with van der Waals surface area (Å²) in [5, 5.41) is 0. The molecule has 0 saturated carbocycles. The number of nitrogens with two attached hydrogens (primary N) is 1. The van der Waals surface area contributed by atoms with Crippen LogP contribution < -0.4 is 5.73 Å². The van der Waals surface area contributed by atoms with Gasteiger partial charge in [-0.2, -0.15) is 0 Å². The van der Waals surface area contributed by atoms with Gasteiger partial charge in [-0.25, -0.2) is 0 Å². The quantitative estimate of drug-likeness (QED) is 0.681. The Bertz CT molecular complexity index is 200. The summed E-state index contributed by atoms with van der Waals surface area (Å²) in [6, 6.07) is -0.217. The van der Waals surface area contributed by atoms with E-state index in [-0.39, 0.29) is 12.3 Å². The van der Waals surface area contributed by atoms with E-state index in [0.717, 1.165) is 25.0 Å². The average molecular weight is 215 g/mol. The topological polar surface area (TPSA) is 53.7 Å². The minimum Gasteiger partial charge on any atom is -0.501 e. The molecule has 1 heterocycles. The van der Waals surface area contributed by atoms with Gasteiger partial charge in [0, 0.05) is 13.2 Å². The summed E-state index contributed by atoms with van der Waals surface area (Å²) >= 11 is 0. The van der Waals surface area contributed by atoms with Crippen molar-refractivity contribution in [2.45, 2.75) is 39.0 Å². The molecule has 1 rings (SSSR count). The van der Waals surface area contributed by atoms with Crippen molar-refractivity contribution in [1.29, 1.82) is 0 Å².